The summed E-state index contributed by atoms with van der Waals surface area (Å²) >= 11 is 0. The number of morpholine rings is 1. The fourth-order valence-electron chi connectivity index (χ4n) is 3.21. The maximum Gasteiger partial charge on any atom is 0.254 e. The molecule has 0 radical (unpaired) electrons. The minimum Gasteiger partial charge on any atom is -0.490 e. The van der Waals surface area contributed by atoms with Crippen molar-refractivity contribution in [3.63, 3.8) is 0 Å². The first-order chi connectivity index (χ1) is 13.4. The minimum absolute atomic E-state index is 0.0131. The number of hydrogen-bond donors (Lipinski definition) is 1. The molecule has 0 aliphatic carbocycles. The smallest absolute Gasteiger partial charge is 0.254 e. The quantitative estimate of drug-likeness (QED) is 0.826. The average molecular weight is 386 g/mol. The zero-order valence-electron chi connectivity index (χ0n) is 15.7. The Labute approximate surface area is 163 Å². The molecule has 1 heterocycles. The molecule has 0 bridgehead atoms. The monoisotopic (exact) mass is 386 g/mol. The Morgan fingerprint density at radius 3 is 2.50 bits per heavy atom. The van der Waals surface area contributed by atoms with Crippen LogP contribution in [-0.2, 0) is 9.53 Å². The van der Waals surface area contributed by atoms with E-state index in [2.05, 4.69) is 0 Å². The van der Waals surface area contributed by atoms with Gasteiger partial charge in [0.25, 0.3) is 5.91 Å². The molecule has 1 aliphatic heterocycles. The number of nitrogens with two attached hydrogens (primary N) is 1. The molecule has 2 amide bonds. The van der Waals surface area contributed by atoms with Crippen molar-refractivity contribution in [2.75, 3.05) is 26.3 Å². The number of ether oxygens (including phenoxy) is 2. The van der Waals surface area contributed by atoms with Crippen molar-refractivity contribution in [1.82, 2.24) is 4.90 Å². The third kappa shape index (κ3) is 4.86. The van der Waals surface area contributed by atoms with Crippen molar-refractivity contribution >= 4 is 11.8 Å². The summed E-state index contributed by atoms with van der Waals surface area (Å²) in [5.41, 5.74) is 6.00. The average Bonchev–Trinajstić information content (AvgIpc) is 2.67. The second-order valence-corrected chi connectivity index (χ2v) is 7.01. The van der Waals surface area contributed by atoms with Gasteiger partial charge in [-0.1, -0.05) is 17.7 Å². The van der Waals surface area contributed by atoms with Gasteiger partial charge >= 0.3 is 0 Å². The molecule has 7 heteroatoms. The Balaban J connectivity index is 1.75. The van der Waals surface area contributed by atoms with Gasteiger partial charge in [0.05, 0.1) is 19.6 Å². The van der Waals surface area contributed by atoms with E-state index in [1.165, 1.54) is 24.3 Å². The summed E-state index contributed by atoms with van der Waals surface area (Å²) < 4.78 is 24.6. The lowest BCUT2D eigenvalue weighted by atomic mass is 9.97. The van der Waals surface area contributed by atoms with Crippen LogP contribution in [0, 0.1) is 12.7 Å². The molecule has 2 N–H and O–H groups in total. The number of carbonyl (C=O) groups is 2. The fourth-order valence-corrected chi connectivity index (χ4v) is 3.21. The van der Waals surface area contributed by atoms with Gasteiger partial charge in [-0.2, -0.15) is 0 Å². The van der Waals surface area contributed by atoms with E-state index in [0.29, 0.717) is 17.9 Å². The summed E-state index contributed by atoms with van der Waals surface area (Å²) in [7, 11) is 0. The van der Waals surface area contributed by atoms with Crippen molar-refractivity contribution in [1.29, 1.82) is 0 Å². The summed E-state index contributed by atoms with van der Waals surface area (Å²) in [5.74, 6) is -0.620. The van der Waals surface area contributed by atoms with Crippen LogP contribution in [0.1, 0.15) is 22.3 Å². The first kappa shape index (κ1) is 19.8. The molecule has 2 aromatic carbocycles. The van der Waals surface area contributed by atoms with Crippen molar-refractivity contribution in [3.8, 4) is 5.75 Å². The van der Waals surface area contributed by atoms with E-state index in [-0.39, 0.29) is 37.9 Å². The number of amides is 2. The highest BCUT2D eigenvalue weighted by atomic mass is 19.1. The van der Waals surface area contributed by atoms with Crippen LogP contribution < -0.4 is 10.5 Å². The molecule has 1 fully saturated rings. The van der Waals surface area contributed by atoms with Crippen molar-refractivity contribution < 1.29 is 23.5 Å². The second-order valence-electron chi connectivity index (χ2n) is 7.01. The van der Waals surface area contributed by atoms with Gasteiger partial charge in [-0.25, -0.2) is 4.39 Å². The van der Waals surface area contributed by atoms with Gasteiger partial charge in [0.15, 0.2) is 0 Å². The maximum absolute atomic E-state index is 13.1. The van der Waals surface area contributed by atoms with Crippen LogP contribution in [0.25, 0.3) is 0 Å². The summed E-state index contributed by atoms with van der Waals surface area (Å²) in [6.45, 7) is 2.80. The highest BCUT2D eigenvalue weighted by Crippen LogP contribution is 2.25. The molecule has 3 rings (SSSR count). The molecule has 0 spiro atoms. The second kappa shape index (κ2) is 8.39. The lowest BCUT2D eigenvalue weighted by molar-refractivity contribution is -0.142. The van der Waals surface area contributed by atoms with Crippen molar-refractivity contribution in [2.45, 2.75) is 18.9 Å². The van der Waals surface area contributed by atoms with Gasteiger partial charge in [-0.15, -0.1) is 0 Å². The van der Waals surface area contributed by atoms with Gasteiger partial charge in [0.1, 0.15) is 23.8 Å². The van der Waals surface area contributed by atoms with E-state index in [4.69, 9.17) is 15.2 Å². The SMILES string of the molecule is Cc1ccc(C(=O)N2CCO[C@](COc3ccc(F)cc3)(CC(N)=O)C2)cc1. The number of aryl methyl sites for hydroxylation is 1. The Bertz CT molecular complexity index is 838. The van der Waals surface area contributed by atoms with Gasteiger partial charge in [0, 0.05) is 12.1 Å². The number of carbonyl (C=O) groups excluding carboxylic acids is 2. The molecule has 1 atom stereocenters. The number of primary amides is 1. The number of rotatable bonds is 6. The molecule has 148 valence electrons. The molecule has 6 nitrogen and oxygen atoms in total. The highest BCUT2D eigenvalue weighted by molar-refractivity contribution is 5.94. The summed E-state index contributed by atoms with van der Waals surface area (Å²) in [6, 6.07) is 12.9. The van der Waals surface area contributed by atoms with Gasteiger partial charge in [-0.3, -0.25) is 9.59 Å². The highest BCUT2D eigenvalue weighted by Gasteiger charge is 2.41. The first-order valence-electron chi connectivity index (χ1n) is 9.03. The zero-order valence-corrected chi connectivity index (χ0v) is 15.7. The number of halogens is 1. The van der Waals surface area contributed by atoms with E-state index < -0.39 is 11.5 Å². The Kier molecular flexibility index (Phi) is 5.94. The normalized spacial score (nSPS) is 19.3. The molecule has 28 heavy (non-hydrogen) atoms. The molecule has 2 aromatic rings. The topological polar surface area (TPSA) is 81.9 Å². The lowest BCUT2D eigenvalue weighted by Crippen LogP contribution is -2.58. The third-order valence-electron chi connectivity index (χ3n) is 4.65. The predicted molar refractivity (Wildman–Crippen MR) is 101 cm³/mol. The minimum atomic E-state index is -1.06. The summed E-state index contributed by atoms with van der Waals surface area (Å²) in [6.07, 6.45) is -0.0914. The molecular weight excluding hydrogens is 363 g/mol. The summed E-state index contributed by atoms with van der Waals surface area (Å²) in [4.78, 5) is 26.2. The third-order valence-corrected chi connectivity index (χ3v) is 4.65. The van der Waals surface area contributed by atoms with Gasteiger partial charge in [0.2, 0.25) is 5.91 Å². The van der Waals surface area contributed by atoms with Crippen molar-refractivity contribution in [2.24, 2.45) is 5.73 Å². The van der Waals surface area contributed by atoms with Crippen LogP contribution in [0.2, 0.25) is 0 Å². The lowest BCUT2D eigenvalue weighted by Gasteiger charge is -2.42. The van der Waals surface area contributed by atoms with Crippen LogP contribution in [0.15, 0.2) is 48.5 Å². The molecule has 0 saturated carbocycles. The van der Waals surface area contributed by atoms with Gasteiger partial charge in [-0.05, 0) is 43.3 Å². The molecule has 0 unspecified atom stereocenters. The van der Waals surface area contributed by atoms with Crippen LogP contribution in [-0.4, -0.2) is 48.6 Å². The molecule has 0 aromatic heterocycles. The number of hydrogen-bond acceptors (Lipinski definition) is 4. The van der Waals surface area contributed by atoms with E-state index in [9.17, 15) is 14.0 Å². The number of benzene rings is 2. The van der Waals surface area contributed by atoms with Crippen molar-refractivity contribution in [3.05, 3.63) is 65.5 Å². The standard InChI is InChI=1S/C21H23FN2O4/c1-15-2-4-16(5-3-15)20(26)24-10-11-28-21(13-24,12-19(23)25)14-27-18-8-6-17(22)7-9-18/h2-9H,10-14H2,1H3,(H2,23,25)/t21-/m1/s1. The van der Waals surface area contributed by atoms with Crippen LogP contribution in [0.4, 0.5) is 4.39 Å². The first-order valence-corrected chi connectivity index (χ1v) is 9.03. The largest absolute Gasteiger partial charge is 0.490 e. The van der Waals surface area contributed by atoms with Gasteiger partial charge < -0.3 is 20.1 Å². The molecule has 1 saturated heterocycles. The van der Waals surface area contributed by atoms with E-state index in [0.717, 1.165) is 5.56 Å². The van der Waals surface area contributed by atoms with Crippen LogP contribution in [0.5, 0.6) is 5.75 Å². The predicted octanol–water partition coefficient (Wildman–Crippen LogP) is 2.30. The molecular formula is C21H23FN2O4. The van der Waals surface area contributed by atoms with E-state index in [1.807, 2.05) is 19.1 Å². The van der Waals surface area contributed by atoms with Crippen LogP contribution >= 0.6 is 0 Å². The Morgan fingerprint density at radius 1 is 1.18 bits per heavy atom. The number of nitrogens with zero attached hydrogens (tertiary/aromatic N) is 1. The zero-order chi connectivity index (χ0) is 20.1. The Hall–Kier alpha value is -2.93. The Morgan fingerprint density at radius 2 is 1.86 bits per heavy atom. The van der Waals surface area contributed by atoms with E-state index in [1.54, 1.807) is 17.0 Å². The van der Waals surface area contributed by atoms with E-state index >= 15 is 0 Å². The maximum atomic E-state index is 13.1. The summed E-state index contributed by atoms with van der Waals surface area (Å²) in [5, 5.41) is 0. The fraction of sp³-hybridized carbons (Fsp3) is 0.333. The van der Waals surface area contributed by atoms with Crippen LogP contribution in [0.3, 0.4) is 0 Å². The molecule has 1 aliphatic rings.